The Kier molecular flexibility index (Phi) is 6.52. The molecule has 0 heterocycles. The molecule has 0 amide bonds. The third-order valence-electron chi connectivity index (χ3n) is 3.19. The number of anilines is 1. The summed E-state index contributed by atoms with van der Waals surface area (Å²) in [6.07, 6.45) is -1.43. The first-order valence-corrected chi connectivity index (χ1v) is 7.80. The summed E-state index contributed by atoms with van der Waals surface area (Å²) < 4.78 is 48.8. The molecule has 0 aliphatic carbocycles. The fourth-order valence-corrected chi connectivity index (χ4v) is 2.32. The van der Waals surface area contributed by atoms with Crippen LogP contribution in [-0.4, -0.2) is 19.9 Å². The van der Waals surface area contributed by atoms with Crippen LogP contribution in [0.15, 0.2) is 54.2 Å². The Hall–Kier alpha value is -2.67. The van der Waals surface area contributed by atoms with Gasteiger partial charge in [0.05, 0.1) is 29.6 Å². The van der Waals surface area contributed by atoms with Crippen molar-refractivity contribution >= 4 is 23.5 Å². The zero-order valence-corrected chi connectivity index (χ0v) is 14.6. The number of ether oxygens (including phenoxy) is 2. The van der Waals surface area contributed by atoms with Crippen LogP contribution in [0, 0.1) is 0 Å². The molecular formula is C18H16ClF3N2O2. The Labute approximate surface area is 153 Å². The molecule has 138 valence electrons. The van der Waals surface area contributed by atoms with Crippen LogP contribution in [-0.2, 0) is 6.18 Å². The summed E-state index contributed by atoms with van der Waals surface area (Å²) in [5, 5.41) is 4.24. The maximum atomic E-state index is 12.7. The zero-order valence-electron chi connectivity index (χ0n) is 13.8. The third-order valence-corrected chi connectivity index (χ3v) is 3.48. The van der Waals surface area contributed by atoms with Gasteiger partial charge in [-0.15, -0.1) is 0 Å². The first-order chi connectivity index (χ1) is 12.3. The predicted molar refractivity (Wildman–Crippen MR) is 96.4 cm³/mol. The highest BCUT2D eigenvalue weighted by atomic mass is 35.5. The highest BCUT2D eigenvalue weighted by Gasteiger charge is 2.30. The Morgan fingerprint density at radius 1 is 1.27 bits per heavy atom. The number of alkyl halides is 3. The van der Waals surface area contributed by atoms with E-state index in [1.54, 1.807) is 18.2 Å². The Morgan fingerprint density at radius 2 is 2.04 bits per heavy atom. The summed E-state index contributed by atoms with van der Waals surface area (Å²) in [4.78, 5) is 0. The van der Waals surface area contributed by atoms with Gasteiger partial charge in [0.25, 0.3) is 0 Å². The fourth-order valence-electron chi connectivity index (χ4n) is 2.04. The van der Waals surface area contributed by atoms with Crippen LogP contribution >= 0.6 is 11.6 Å². The van der Waals surface area contributed by atoms with Crippen LogP contribution in [0.2, 0.25) is 5.02 Å². The maximum absolute atomic E-state index is 12.7. The standard InChI is InChI=1S/C18H16ClF3N2O2/c1-3-7-26-17-15(19)8-12(9-16(17)25-2)11-23-24-14-6-4-5-13(10-14)18(20,21)22/h3-6,8-11,24H,1,7H2,2H3/b23-11-. The van der Waals surface area contributed by atoms with Gasteiger partial charge in [-0.05, 0) is 35.9 Å². The first kappa shape index (κ1) is 19.7. The van der Waals surface area contributed by atoms with Crippen molar-refractivity contribution in [2.45, 2.75) is 6.18 Å². The lowest BCUT2D eigenvalue weighted by Crippen LogP contribution is -2.05. The van der Waals surface area contributed by atoms with Crippen molar-refractivity contribution < 1.29 is 22.6 Å². The summed E-state index contributed by atoms with van der Waals surface area (Å²) >= 11 is 6.17. The molecule has 0 radical (unpaired) electrons. The summed E-state index contributed by atoms with van der Waals surface area (Å²) in [5.74, 6) is 0.775. The van der Waals surface area contributed by atoms with Gasteiger partial charge < -0.3 is 9.47 Å². The van der Waals surface area contributed by atoms with E-state index in [1.807, 2.05) is 0 Å². The molecule has 0 saturated heterocycles. The van der Waals surface area contributed by atoms with Crippen molar-refractivity contribution in [3.63, 3.8) is 0 Å². The van der Waals surface area contributed by atoms with Crippen LogP contribution < -0.4 is 14.9 Å². The lowest BCUT2D eigenvalue weighted by Gasteiger charge is -2.12. The molecule has 2 aromatic rings. The Morgan fingerprint density at radius 3 is 2.69 bits per heavy atom. The number of methoxy groups -OCH3 is 1. The molecule has 26 heavy (non-hydrogen) atoms. The molecule has 8 heteroatoms. The van der Waals surface area contributed by atoms with Crippen molar-refractivity contribution in [3.05, 3.63) is 65.2 Å². The van der Waals surface area contributed by atoms with E-state index < -0.39 is 11.7 Å². The molecule has 2 rings (SSSR count). The minimum atomic E-state index is -4.41. The average molecular weight is 385 g/mol. The van der Waals surface area contributed by atoms with Gasteiger partial charge in [0.15, 0.2) is 11.5 Å². The van der Waals surface area contributed by atoms with Crippen molar-refractivity contribution in [3.8, 4) is 11.5 Å². The number of hydrogen-bond donors (Lipinski definition) is 1. The van der Waals surface area contributed by atoms with Crippen LogP contribution in [0.25, 0.3) is 0 Å². The number of nitrogens with zero attached hydrogens (tertiary/aromatic N) is 1. The van der Waals surface area contributed by atoms with Crippen molar-refractivity contribution in [1.29, 1.82) is 0 Å². The van der Waals surface area contributed by atoms with Crippen LogP contribution in [0.3, 0.4) is 0 Å². The van der Waals surface area contributed by atoms with E-state index in [-0.39, 0.29) is 12.3 Å². The van der Waals surface area contributed by atoms with Gasteiger partial charge in [-0.2, -0.15) is 18.3 Å². The van der Waals surface area contributed by atoms with Gasteiger partial charge in [0.2, 0.25) is 0 Å². The SMILES string of the molecule is C=CCOc1c(Cl)cc(/C=N\Nc2cccc(C(F)(F)F)c2)cc1OC. The summed E-state index contributed by atoms with van der Waals surface area (Å²) in [6, 6.07) is 7.97. The lowest BCUT2D eigenvalue weighted by molar-refractivity contribution is -0.137. The normalized spacial score (nSPS) is 11.4. The molecule has 0 aromatic heterocycles. The van der Waals surface area contributed by atoms with Gasteiger partial charge in [0.1, 0.15) is 6.61 Å². The number of benzene rings is 2. The monoisotopic (exact) mass is 384 g/mol. The van der Waals surface area contributed by atoms with Crippen LogP contribution in [0.4, 0.5) is 18.9 Å². The molecule has 0 aliphatic rings. The molecule has 0 fully saturated rings. The molecule has 0 spiro atoms. The minimum Gasteiger partial charge on any atom is -0.493 e. The number of hydrogen-bond acceptors (Lipinski definition) is 4. The van der Waals surface area contributed by atoms with Crippen molar-refractivity contribution in [2.75, 3.05) is 19.1 Å². The molecular weight excluding hydrogens is 369 g/mol. The molecule has 0 bridgehead atoms. The van der Waals surface area contributed by atoms with E-state index in [4.69, 9.17) is 21.1 Å². The molecule has 0 atom stereocenters. The lowest BCUT2D eigenvalue weighted by atomic mass is 10.2. The number of hydrazone groups is 1. The quantitative estimate of drug-likeness (QED) is 0.396. The van der Waals surface area contributed by atoms with Gasteiger partial charge in [-0.1, -0.05) is 30.3 Å². The van der Waals surface area contributed by atoms with E-state index in [2.05, 4.69) is 17.1 Å². The average Bonchev–Trinajstić information content (AvgIpc) is 2.60. The summed E-state index contributed by atoms with van der Waals surface area (Å²) in [7, 11) is 1.47. The fraction of sp³-hybridized carbons (Fsp3) is 0.167. The van der Waals surface area contributed by atoms with E-state index in [1.165, 1.54) is 25.5 Å². The highest BCUT2D eigenvalue weighted by molar-refractivity contribution is 6.32. The Bertz CT molecular complexity index is 808. The van der Waals surface area contributed by atoms with Crippen LogP contribution in [0.5, 0.6) is 11.5 Å². The topological polar surface area (TPSA) is 42.8 Å². The molecule has 1 N–H and O–H groups in total. The molecule has 0 saturated carbocycles. The van der Waals surface area contributed by atoms with E-state index >= 15 is 0 Å². The van der Waals surface area contributed by atoms with Gasteiger partial charge in [0, 0.05) is 0 Å². The minimum absolute atomic E-state index is 0.208. The van der Waals surface area contributed by atoms with E-state index in [0.29, 0.717) is 22.1 Å². The van der Waals surface area contributed by atoms with Gasteiger partial charge >= 0.3 is 6.18 Å². The van der Waals surface area contributed by atoms with E-state index in [0.717, 1.165) is 12.1 Å². The number of rotatable bonds is 7. The summed E-state index contributed by atoms with van der Waals surface area (Å²) in [6.45, 7) is 3.82. The second-order valence-corrected chi connectivity index (χ2v) is 5.49. The molecule has 0 aliphatic heterocycles. The smallest absolute Gasteiger partial charge is 0.416 e. The van der Waals surface area contributed by atoms with E-state index in [9.17, 15) is 13.2 Å². The maximum Gasteiger partial charge on any atom is 0.416 e. The van der Waals surface area contributed by atoms with Gasteiger partial charge in [-0.3, -0.25) is 5.43 Å². The zero-order chi connectivity index (χ0) is 19.2. The first-order valence-electron chi connectivity index (χ1n) is 7.42. The molecule has 2 aromatic carbocycles. The molecule has 4 nitrogen and oxygen atoms in total. The highest BCUT2D eigenvalue weighted by Crippen LogP contribution is 2.36. The number of halogens is 4. The summed E-state index contributed by atoms with van der Waals surface area (Å²) in [5.41, 5.74) is 2.58. The van der Waals surface area contributed by atoms with Gasteiger partial charge in [-0.25, -0.2) is 0 Å². The largest absolute Gasteiger partial charge is 0.493 e. The number of nitrogens with one attached hydrogen (secondary N) is 1. The molecule has 0 unspecified atom stereocenters. The van der Waals surface area contributed by atoms with Crippen molar-refractivity contribution in [1.82, 2.24) is 0 Å². The second-order valence-electron chi connectivity index (χ2n) is 5.08. The van der Waals surface area contributed by atoms with Crippen LogP contribution in [0.1, 0.15) is 11.1 Å². The van der Waals surface area contributed by atoms with Crippen molar-refractivity contribution in [2.24, 2.45) is 5.10 Å². The second kappa shape index (κ2) is 8.62. The Balaban J connectivity index is 2.16. The predicted octanol–water partition coefficient (Wildman–Crippen LogP) is 5.38. The third kappa shape index (κ3) is 5.16.